The Morgan fingerprint density at radius 3 is 2.81 bits per heavy atom. The average molecular weight is 428 g/mol. The van der Waals surface area contributed by atoms with E-state index in [9.17, 15) is 9.59 Å². The lowest BCUT2D eigenvalue weighted by Crippen LogP contribution is -2.43. The van der Waals surface area contributed by atoms with Crippen molar-refractivity contribution in [2.45, 2.75) is 25.7 Å². The third-order valence-corrected chi connectivity index (χ3v) is 5.42. The molecule has 0 spiro atoms. The van der Waals surface area contributed by atoms with Gasteiger partial charge in [-0.1, -0.05) is 0 Å². The first-order valence-corrected chi connectivity index (χ1v) is 11.2. The van der Waals surface area contributed by atoms with Gasteiger partial charge in [0.05, 0.1) is 17.7 Å². The number of piperazine rings is 1. The molecule has 1 aliphatic heterocycles. The fraction of sp³-hybridized carbons (Fsp3) is 0.522. The molecule has 2 aromatic rings. The van der Waals surface area contributed by atoms with Crippen LogP contribution in [0, 0.1) is 0 Å². The largest absolute Gasteiger partial charge is 0.494 e. The van der Waals surface area contributed by atoms with Crippen LogP contribution in [0.3, 0.4) is 0 Å². The highest BCUT2D eigenvalue weighted by molar-refractivity contribution is 6.06. The monoisotopic (exact) mass is 427 g/mol. The first kappa shape index (κ1) is 23.0. The third kappa shape index (κ3) is 7.48. The van der Waals surface area contributed by atoms with E-state index in [1.54, 1.807) is 12.3 Å². The second kappa shape index (κ2) is 12.9. The van der Waals surface area contributed by atoms with Crippen molar-refractivity contribution in [3.63, 3.8) is 0 Å². The smallest absolute Gasteiger partial charge is 0.252 e. The minimum Gasteiger partial charge on any atom is -0.494 e. The Bertz CT molecular complexity index is 839. The molecule has 31 heavy (non-hydrogen) atoms. The summed E-state index contributed by atoms with van der Waals surface area (Å²) < 4.78 is 5.95. The van der Waals surface area contributed by atoms with Crippen LogP contribution in [0.2, 0.25) is 0 Å². The van der Waals surface area contributed by atoms with Gasteiger partial charge < -0.3 is 25.6 Å². The van der Waals surface area contributed by atoms with E-state index in [4.69, 9.17) is 4.74 Å². The summed E-state index contributed by atoms with van der Waals surface area (Å²) in [7, 11) is 0. The Balaban J connectivity index is 1.49. The summed E-state index contributed by atoms with van der Waals surface area (Å²) in [6, 6.07) is 7.47. The molecule has 0 aliphatic carbocycles. The summed E-state index contributed by atoms with van der Waals surface area (Å²) >= 11 is 0. The number of hydrogen-bond acceptors (Lipinski definition) is 6. The summed E-state index contributed by atoms with van der Waals surface area (Å²) in [5, 5.41) is 9.79. The van der Waals surface area contributed by atoms with E-state index in [1.807, 2.05) is 18.2 Å². The molecule has 0 atom stereocenters. The average Bonchev–Trinajstić information content (AvgIpc) is 2.81. The quantitative estimate of drug-likeness (QED) is 0.332. The maximum absolute atomic E-state index is 12.7. The van der Waals surface area contributed by atoms with Crippen molar-refractivity contribution >= 4 is 23.2 Å². The molecule has 3 rings (SSSR count). The molecular weight excluding hydrogens is 394 g/mol. The molecule has 1 aliphatic rings. The summed E-state index contributed by atoms with van der Waals surface area (Å²) in [5.74, 6) is 0.659. The van der Waals surface area contributed by atoms with E-state index >= 15 is 0 Å². The van der Waals surface area contributed by atoms with Gasteiger partial charge in [-0.25, -0.2) is 0 Å². The molecule has 0 radical (unpaired) electrons. The molecule has 1 saturated heterocycles. The molecule has 2 heterocycles. The van der Waals surface area contributed by atoms with Crippen LogP contribution in [-0.2, 0) is 4.79 Å². The van der Waals surface area contributed by atoms with Gasteiger partial charge in [0.2, 0.25) is 6.41 Å². The van der Waals surface area contributed by atoms with Crippen molar-refractivity contribution in [3.05, 3.63) is 36.0 Å². The number of amides is 2. The van der Waals surface area contributed by atoms with Crippen LogP contribution in [0.15, 0.2) is 30.5 Å². The number of rotatable bonds is 13. The highest BCUT2D eigenvalue weighted by Gasteiger charge is 2.12. The first-order chi connectivity index (χ1) is 15.3. The van der Waals surface area contributed by atoms with Gasteiger partial charge in [-0.2, -0.15) is 0 Å². The van der Waals surface area contributed by atoms with Gasteiger partial charge in [-0.15, -0.1) is 0 Å². The van der Waals surface area contributed by atoms with Crippen LogP contribution in [0.1, 0.15) is 36.0 Å². The minimum absolute atomic E-state index is 0.103. The summed E-state index contributed by atoms with van der Waals surface area (Å²) in [6.45, 7) is 7.26. The Morgan fingerprint density at radius 1 is 1.13 bits per heavy atom. The van der Waals surface area contributed by atoms with Crippen molar-refractivity contribution in [1.29, 1.82) is 0 Å². The number of nitrogens with one attached hydrogen (secondary N) is 3. The van der Waals surface area contributed by atoms with Crippen LogP contribution in [0.4, 0.5) is 0 Å². The maximum atomic E-state index is 12.7. The number of benzene rings is 1. The fourth-order valence-electron chi connectivity index (χ4n) is 3.71. The number of aromatic nitrogens is 1. The summed E-state index contributed by atoms with van der Waals surface area (Å²) in [6.07, 6.45) is 6.07. The predicted molar refractivity (Wildman–Crippen MR) is 121 cm³/mol. The number of unbranched alkanes of at least 4 members (excludes halogenated alkanes) is 2. The highest BCUT2D eigenvalue weighted by Crippen LogP contribution is 2.23. The molecule has 8 heteroatoms. The fourth-order valence-corrected chi connectivity index (χ4v) is 3.71. The molecule has 0 saturated carbocycles. The molecule has 1 fully saturated rings. The maximum Gasteiger partial charge on any atom is 0.252 e. The highest BCUT2D eigenvalue weighted by atomic mass is 16.5. The zero-order valence-corrected chi connectivity index (χ0v) is 18.1. The number of fused-ring (bicyclic) bond motifs is 1. The molecule has 1 aromatic carbocycles. The molecule has 168 valence electrons. The van der Waals surface area contributed by atoms with Crippen LogP contribution < -0.4 is 20.7 Å². The van der Waals surface area contributed by atoms with Gasteiger partial charge in [0, 0.05) is 57.4 Å². The summed E-state index contributed by atoms with van der Waals surface area (Å²) in [4.78, 5) is 29.7. The number of ether oxygens (including phenoxy) is 1. The predicted octanol–water partition coefficient (Wildman–Crippen LogP) is 1.56. The normalized spacial score (nSPS) is 14.3. The number of carbonyl (C=O) groups is 2. The van der Waals surface area contributed by atoms with Crippen LogP contribution in [-0.4, -0.2) is 74.6 Å². The van der Waals surface area contributed by atoms with E-state index in [1.165, 1.54) is 0 Å². The zero-order chi connectivity index (χ0) is 21.7. The SMILES string of the molecule is O=CNCCCCCNC(=O)c1ccnc2ccc(OCCCN3CCNCC3)cc12. The van der Waals surface area contributed by atoms with E-state index in [-0.39, 0.29) is 5.91 Å². The topological polar surface area (TPSA) is 95.6 Å². The molecule has 1 aromatic heterocycles. The number of nitrogens with zero attached hydrogens (tertiary/aromatic N) is 2. The zero-order valence-electron chi connectivity index (χ0n) is 18.1. The van der Waals surface area contributed by atoms with Gasteiger partial charge in [-0.3, -0.25) is 14.6 Å². The standard InChI is InChI=1S/C23H33N5O3/c29-18-25-8-2-1-3-9-27-23(30)20-7-10-26-22-6-5-19(17-21(20)22)31-16-4-13-28-14-11-24-12-15-28/h5-7,10,17-18,24H,1-4,8-9,11-16H2,(H,25,29)(H,27,30). The van der Waals surface area contributed by atoms with Gasteiger partial charge in [0.25, 0.3) is 5.91 Å². The van der Waals surface area contributed by atoms with E-state index in [2.05, 4.69) is 25.8 Å². The lowest BCUT2D eigenvalue weighted by Gasteiger charge is -2.26. The Labute approximate surface area is 183 Å². The number of carbonyl (C=O) groups excluding carboxylic acids is 2. The van der Waals surface area contributed by atoms with Gasteiger partial charge in [0.1, 0.15) is 5.75 Å². The van der Waals surface area contributed by atoms with Gasteiger partial charge >= 0.3 is 0 Å². The van der Waals surface area contributed by atoms with E-state index in [0.29, 0.717) is 31.7 Å². The van der Waals surface area contributed by atoms with Gasteiger partial charge in [0.15, 0.2) is 0 Å². The van der Waals surface area contributed by atoms with Crippen molar-refractivity contribution < 1.29 is 14.3 Å². The van der Waals surface area contributed by atoms with E-state index in [0.717, 1.165) is 75.1 Å². The lowest BCUT2D eigenvalue weighted by atomic mass is 10.1. The van der Waals surface area contributed by atoms with Gasteiger partial charge in [-0.05, 0) is 49.9 Å². The second-order valence-corrected chi connectivity index (χ2v) is 7.72. The minimum atomic E-state index is -0.103. The first-order valence-electron chi connectivity index (χ1n) is 11.2. The molecule has 8 nitrogen and oxygen atoms in total. The Morgan fingerprint density at radius 2 is 1.97 bits per heavy atom. The van der Waals surface area contributed by atoms with Crippen LogP contribution in [0.25, 0.3) is 10.9 Å². The molecule has 0 bridgehead atoms. The van der Waals surface area contributed by atoms with Crippen molar-refractivity contribution in [2.24, 2.45) is 0 Å². The molecule has 3 N–H and O–H groups in total. The summed E-state index contributed by atoms with van der Waals surface area (Å²) in [5.41, 5.74) is 1.39. The van der Waals surface area contributed by atoms with Crippen molar-refractivity contribution in [2.75, 3.05) is 52.4 Å². The Hall–Kier alpha value is -2.71. The number of pyridine rings is 1. The number of hydrogen-bond donors (Lipinski definition) is 3. The second-order valence-electron chi connectivity index (χ2n) is 7.72. The third-order valence-electron chi connectivity index (χ3n) is 5.42. The van der Waals surface area contributed by atoms with Crippen LogP contribution in [0.5, 0.6) is 5.75 Å². The Kier molecular flexibility index (Phi) is 9.53. The molecule has 2 amide bonds. The van der Waals surface area contributed by atoms with E-state index < -0.39 is 0 Å². The molecule has 0 unspecified atom stereocenters. The van der Waals surface area contributed by atoms with Crippen LogP contribution >= 0.6 is 0 Å². The lowest BCUT2D eigenvalue weighted by molar-refractivity contribution is -0.109. The van der Waals surface area contributed by atoms with Crippen molar-refractivity contribution in [1.82, 2.24) is 25.8 Å². The van der Waals surface area contributed by atoms with Crippen molar-refractivity contribution in [3.8, 4) is 5.75 Å². The molecular formula is C23H33N5O3.